The first kappa shape index (κ1) is 8.44. The number of aromatic amines is 1. The third-order valence-corrected chi connectivity index (χ3v) is 2.34. The molecule has 2 rings (SSSR count). The molecule has 4 nitrogen and oxygen atoms in total. The summed E-state index contributed by atoms with van der Waals surface area (Å²) in [5.41, 5.74) is 0.750. The van der Waals surface area contributed by atoms with Gasteiger partial charge < -0.3 is 10.3 Å². The van der Waals surface area contributed by atoms with Gasteiger partial charge in [0.25, 0.3) is 5.56 Å². The molecule has 1 atom stereocenters. The van der Waals surface area contributed by atoms with Gasteiger partial charge in [-0.25, -0.2) is 4.98 Å². The Hall–Kier alpha value is -1.16. The van der Waals surface area contributed by atoms with Crippen molar-refractivity contribution in [2.45, 2.75) is 19.3 Å². The van der Waals surface area contributed by atoms with Crippen LogP contribution in [0.1, 0.15) is 23.9 Å². The number of nitrogens with zero attached hydrogens (tertiary/aromatic N) is 1. The standard InChI is InChI=1S/C9H13N3O/c1-6-4-8(13)12-9(11-6)7-2-3-10-5-7/h4,7,10H,2-3,5H2,1H3,(H,11,12,13). The Morgan fingerprint density at radius 2 is 2.46 bits per heavy atom. The van der Waals surface area contributed by atoms with E-state index in [1.165, 1.54) is 6.07 Å². The van der Waals surface area contributed by atoms with Crippen LogP contribution in [0.15, 0.2) is 10.9 Å². The second-order valence-electron chi connectivity index (χ2n) is 3.46. The Balaban J connectivity index is 2.33. The summed E-state index contributed by atoms with van der Waals surface area (Å²) in [4.78, 5) is 18.3. The SMILES string of the molecule is Cc1cc(=O)[nH]c(C2CCNC2)n1. The average molecular weight is 179 g/mol. The molecule has 0 bridgehead atoms. The maximum atomic E-state index is 11.2. The predicted octanol–water partition coefficient (Wildman–Crippen LogP) is 0.155. The first-order valence-electron chi connectivity index (χ1n) is 4.54. The molecule has 1 saturated heterocycles. The molecule has 0 aromatic carbocycles. The lowest BCUT2D eigenvalue weighted by Crippen LogP contribution is -2.16. The van der Waals surface area contributed by atoms with Crippen molar-refractivity contribution >= 4 is 0 Å². The van der Waals surface area contributed by atoms with Gasteiger partial charge in [0, 0.05) is 24.2 Å². The minimum absolute atomic E-state index is 0.0469. The van der Waals surface area contributed by atoms with E-state index in [-0.39, 0.29) is 5.56 Å². The summed E-state index contributed by atoms with van der Waals surface area (Å²) in [7, 11) is 0. The lowest BCUT2D eigenvalue weighted by molar-refractivity contribution is 0.692. The maximum Gasteiger partial charge on any atom is 0.251 e. The van der Waals surface area contributed by atoms with Crippen molar-refractivity contribution in [1.82, 2.24) is 15.3 Å². The highest BCUT2D eigenvalue weighted by Gasteiger charge is 2.18. The van der Waals surface area contributed by atoms with Crippen LogP contribution < -0.4 is 10.9 Å². The highest BCUT2D eigenvalue weighted by Crippen LogP contribution is 2.17. The Bertz CT molecular complexity index is 352. The molecule has 2 heterocycles. The van der Waals surface area contributed by atoms with Crippen molar-refractivity contribution in [3.63, 3.8) is 0 Å². The summed E-state index contributed by atoms with van der Waals surface area (Å²) in [5.74, 6) is 1.21. The number of nitrogens with one attached hydrogen (secondary N) is 2. The largest absolute Gasteiger partial charge is 0.316 e. The number of aryl methyl sites for hydroxylation is 1. The highest BCUT2D eigenvalue weighted by atomic mass is 16.1. The number of hydrogen-bond acceptors (Lipinski definition) is 3. The van der Waals surface area contributed by atoms with Gasteiger partial charge in [-0.05, 0) is 19.9 Å². The van der Waals surface area contributed by atoms with E-state index in [1.807, 2.05) is 6.92 Å². The highest BCUT2D eigenvalue weighted by molar-refractivity contribution is 5.06. The lowest BCUT2D eigenvalue weighted by atomic mass is 10.1. The molecule has 1 aliphatic rings. The minimum Gasteiger partial charge on any atom is -0.316 e. The number of rotatable bonds is 1. The van der Waals surface area contributed by atoms with Gasteiger partial charge in [-0.2, -0.15) is 0 Å². The van der Waals surface area contributed by atoms with Crippen LogP contribution in [0.25, 0.3) is 0 Å². The zero-order valence-electron chi connectivity index (χ0n) is 7.63. The fraction of sp³-hybridized carbons (Fsp3) is 0.556. The molecular weight excluding hydrogens is 166 g/mol. The fourth-order valence-electron chi connectivity index (χ4n) is 1.68. The van der Waals surface area contributed by atoms with E-state index in [9.17, 15) is 4.79 Å². The normalized spacial score (nSPS) is 22.1. The Morgan fingerprint density at radius 3 is 3.08 bits per heavy atom. The predicted molar refractivity (Wildman–Crippen MR) is 49.8 cm³/mol. The summed E-state index contributed by atoms with van der Waals surface area (Å²) < 4.78 is 0. The van der Waals surface area contributed by atoms with E-state index in [2.05, 4.69) is 15.3 Å². The minimum atomic E-state index is -0.0469. The number of hydrogen-bond donors (Lipinski definition) is 2. The van der Waals surface area contributed by atoms with Gasteiger partial charge in [0.1, 0.15) is 5.82 Å². The summed E-state index contributed by atoms with van der Waals surface area (Å²) in [6.45, 7) is 3.79. The second-order valence-corrected chi connectivity index (χ2v) is 3.46. The molecule has 4 heteroatoms. The van der Waals surface area contributed by atoms with Crippen LogP contribution in [0, 0.1) is 6.92 Å². The van der Waals surface area contributed by atoms with Gasteiger partial charge >= 0.3 is 0 Å². The van der Waals surface area contributed by atoms with Crippen molar-refractivity contribution in [3.05, 3.63) is 27.9 Å². The van der Waals surface area contributed by atoms with E-state index in [4.69, 9.17) is 0 Å². The molecule has 2 N–H and O–H groups in total. The summed E-state index contributed by atoms with van der Waals surface area (Å²) in [5, 5.41) is 3.25. The first-order chi connectivity index (χ1) is 6.25. The van der Waals surface area contributed by atoms with Crippen LogP contribution in [0.2, 0.25) is 0 Å². The molecule has 0 spiro atoms. The van der Waals surface area contributed by atoms with Gasteiger partial charge in [-0.15, -0.1) is 0 Å². The lowest BCUT2D eigenvalue weighted by Gasteiger charge is -2.06. The van der Waals surface area contributed by atoms with Crippen LogP contribution in [-0.4, -0.2) is 23.1 Å². The molecule has 0 radical (unpaired) electrons. The summed E-state index contributed by atoms with van der Waals surface area (Å²) >= 11 is 0. The Morgan fingerprint density at radius 1 is 1.62 bits per heavy atom. The third-order valence-electron chi connectivity index (χ3n) is 2.34. The third kappa shape index (κ3) is 1.78. The Labute approximate surface area is 76.4 Å². The maximum absolute atomic E-state index is 11.2. The van der Waals surface area contributed by atoms with Gasteiger partial charge in [0.15, 0.2) is 0 Å². The molecule has 1 unspecified atom stereocenters. The van der Waals surface area contributed by atoms with E-state index in [1.54, 1.807) is 0 Å². The molecule has 1 fully saturated rings. The molecule has 1 aliphatic heterocycles. The summed E-state index contributed by atoms with van der Waals surface area (Å²) in [6, 6.07) is 1.52. The van der Waals surface area contributed by atoms with Gasteiger partial charge in [-0.3, -0.25) is 4.79 Å². The quantitative estimate of drug-likeness (QED) is 0.645. The van der Waals surface area contributed by atoms with Crippen molar-refractivity contribution in [2.24, 2.45) is 0 Å². The average Bonchev–Trinajstić information content (AvgIpc) is 2.53. The van der Waals surface area contributed by atoms with Gasteiger partial charge in [0.05, 0.1) is 0 Å². The monoisotopic (exact) mass is 179 g/mol. The second kappa shape index (κ2) is 3.30. The van der Waals surface area contributed by atoms with E-state index in [0.29, 0.717) is 5.92 Å². The first-order valence-corrected chi connectivity index (χ1v) is 4.54. The van der Waals surface area contributed by atoms with Gasteiger partial charge in [-0.1, -0.05) is 0 Å². The molecular formula is C9H13N3O. The molecule has 13 heavy (non-hydrogen) atoms. The Kier molecular flexibility index (Phi) is 2.14. The molecule has 0 amide bonds. The van der Waals surface area contributed by atoms with Crippen molar-refractivity contribution < 1.29 is 0 Å². The van der Waals surface area contributed by atoms with Crippen molar-refractivity contribution in [2.75, 3.05) is 13.1 Å². The molecule has 1 aromatic heterocycles. The summed E-state index contributed by atoms with van der Waals surface area (Å²) in [6.07, 6.45) is 1.06. The van der Waals surface area contributed by atoms with E-state index >= 15 is 0 Å². The van der Waals surface area contributed by atoms with Crippen LogP contribution in [0.3, 0.4) is 0 Å². The zero-order valence-corrected chi connectivity index (χ0v) is 7.63. The molecule has 0 saturated carbocycles. The molecule has 1 aromatic rings. The van der Waals surface area contributed by atoms with Crippen molar-refractivity contribution in [1.29, 1.82) is 0 Å². The van der Waals surface area contributed by atoms with Gasteiger partial charge in [0.2, 0.25) is 0 Å². The van der Waals surface area contributed by atoms with E-state index in [0.717, 1.165) is 31.0 Å². The fourth-order valence-corrected chi connectivity index (χ4v) is 1.68. The number of H-pyrrole nitrogens is 1. The molecule has 0 aliphatic carbocycles. The number of aromatic nitrogens is 2. The smallest absolute Gasteiger partial charge is 0.251 e. The van der Waals surface area contributed by atoms with Crippen molar-refractivity contribution in [3.8, 4) is 0 Å². The van der Waals surface area contributed by atoms with Crippen LogP contribution in [0.4, 0.5) is 0 Å². The topological polar surface area (TPSA) is 57.8 Å². The zero-order chi connectivity index (χ0) is 9.26. The van der Waals surface area contributed by atoms with Crippen LogP contribution in [0.5, 0.6) is 0 Å². The van der Waals surface area contributed by atoms with Crippen LogP contribution in [-0.2, 0) is 0 Å². The van der Waals surface area contributed by atoms with Crippen LogP contribution >= 0.6 is 0 Å². The molecule has 70 valence electrons. The van der Waals surface area contributed by atoms with E-state index < -0.39 is 0 Å².